The van der Waals surface area contributed by atoms with Gasteiger partial charge in [0.15, 0.2) is 0 Å². The number of fused-ring (bicyclic) bond motifs is 1. The number of hydrogen-bond acceptors (Lipinski definition) is 3. The predicted octanol–water partition coefficient (Wildman–Crippen LogP) is 2.06. The molecule has 1 aromatic rings. The van der Waals surface area contributed by atoms with Gasteiger partial charge in [-0.05, 0) is 43.0 Å². The smallest absolute Gasteiger partial charge is 0.229 e. The fourth-order valence-electron chi connectivity index (χ4n) is 3.01. The lowest BCUT2D eigenvalue weighted by molar-refractivity contribution is -0.120. The predicted molar refractivity (Wildman–Crippen MR) is 84.6 cm³/mol. The molecule has 5 nitrogen and oxygen atoms in total. The summed E-state index contributed by atoms with van der Waals surface area (Å²) >= 11 is 0. The van der Waals surface area contributed by atoms with Crippen LogP contribution in [-0.4, -0.2) is 17.9 Å². The lowest BCUT2D eigenvalue weighted by atomic mass is 10.0. The molecule has 21 heavy (non-hydrogen) atoms. The summed E-state index contributed by atoms with van der Waals surface area (Å²) in [7, 11) is 0. The Morgan fingerprint density at radius 1 is 1.29 bits per heavy atom. The Labute approximate surface area is 130 Å². The highest BCUT2D eigenvalue weighted by Crippen LogP contribution is 2.28. The lowest BCUT2D eigenvalue weighted by Gasteiger charge is -2.19. The zero-order valence-corrected chi connectivity index (χ0v) is 12.5. The number of amides is 2. The molecule has 6 heteroatoms. The molecule has 0 saturated heterocycles. The van der Waals surface area contributed by atoms with Gasteiger partial charge in [0.2, 0.25) is 11.8 Å². The van der Waals surface area contributed by atoms with Crippen LogP contribution in [0.25, 0.3) is 0 Å². The molecule has 2 aliphatic rings. The third-order valence-corrected chi connectivity index (χ3v) is 4.17. The highest BCUT2D eigenvalue weighted by Gasteiger charge is 2.30. The third-order valence-electron chi connectivity index (χ3n) is 4.17. The number of carbonyl (C=O) groups is 2. The Morgan fingerprint density at radius 2 is 2.10 bits per heavy atom. The molecule has 1 aliphatic carbocycles. The van der Waals surface area contributed by atoms with Crippen molar-refractivity contribution in [3.05, 3.63) is 23.8 Å². The van der Waals surface area contributed by atoms with E-state index in [9.17, 15) is 9.59 Å². The van der Waals surface area contributed by atoms with Crippen LogP contribution < -0.4 is 16.4 Å². The van der Waals surface area contributed by atoms with Gasteiger partial charge in [0.05, 0.1) is 5.92 Å². The summed E-state index contributed by atoms with van der Waals surface area (Å²) in [5.41, 5.74) is 8.64. The number of rotatable bonds is 2. The Morgan fingerprint density at radius 3 is 2.81 bits per heavy atom. The SMILES string of the molecule is Cl.NC1CCCC1C(=O)Nc1ccc2c(c1)CCC(=O)N2. The number of anilines is 2. The summed E-state index contributed by atoms with van der Waals surface area (Å²) < 4.78 is 0. The maximum Gasteiger partial charge on any atom is 0.229 e. The van der Waals surface area contributed by atoms with Gasteiger partial charge in [0, 0.05) is 23.8 Å². The van der Waals surface area contributed by atoms with Gasteiger partial charge in [-0.15, -0.1) is 12.4 Å². The van der Waals surface area contributed by atoms with Crippen LogP contribution in [-0.2, 0) is 16.0 Å². The van der Waals surface area contributed by atoms with Crippen LogP contribution in [0, 0.1) is 5.92 Å². The van der Waals surface area contributed by atoms with Crippen LogP contribution in [0.2, 0.25) is 0 Å². The van der Waals surface area contributed by atoms with Gasteiger partial charge in [0.1, 0.15) is 0 Å². The zero-order valence-electron chi connectivity index (χ0n) is 11.7. The second-order valence-corrected chi connectivity index (χ2v) is 5.61. The molecular formula is C15H20ClN3O2. The standard InChI is InChI=1S/C15H19N3O2.ClH/c16-12-3-1-2-11(12)15(20)17-10-5-6-13-9(8-10)4-7-14(19)18-13;/h5-6,8,11-12H,1-4,7,16H2,(H,17,20)(H,18,19);1H. The van der Waals surface area contributed by atoms with E-state index in [1.165, 1.54) is 0 Å². The highest BCUT2D eigenvalue weighted by atomic mass is 35.5. The average Bonchev–Trinajstić information content (AvgIpc) is 2.85. The van der Waals surface area contributed by atoms with Crippen molar-refractivity contribution in [1.82, 2.24) is 0 Å². The summed E-state index contributed by atoms with van der Waals surface area (Å²) in [5, 5.41) is 5.77. The molecule has 0 bridgehead atoms. The van der Waals surface area contributed by atoms with E-state index in [4.69, 9.17) is 5.73 Å². The van der Waals surface area contributed by atoms with Crippen molar-refractivity contribution in [3.63, 3.8) is 0 Å². The van der Waals surface area contributed by atoms with Crippen molar-refractivity contribution in [3.8, 4) is 0 Å². The van der Waals surface area contributed by atoms with Gasteiger partial charge in [-0.1, -0.05) is 6.42 Å². The fourth-order valence-corrected chi connectivity index (χ4v) is 3.01. The van der Waals surface area contributed by atoms with Crippen molar-refractivity contribution >= 4 is 35.6 Å². The van der Waals surface area contributed by atoms with Crippen molar-refractivity contribution in [2.75, 3.05) is 10.6 Å². The molecule has 1 aromatic carbocycles. The van der Waals surface area contributed by atoms with Crippen molar-refractivity contribution in [1.29, 1.82) is 0 Å². The molecule has 0 spiro atoms. The van der Waals surface area contributed by atoms with E-state index in [0.717, 1.165) is 36.2 Å². The number of aryl methyl sites for hydroxylation is 1. The number of carbonyl (C=O) groups excluding carboxylic acids is 2. The van der Waals surface area contributed by atoms with Gasteiger partial charge in [-0.25, -0.2) is 0 Å². The first-order valence-electron chi connectivity index (χ1n) is 7.13. The van der Waals surface area contributed by atoms with Gasteiger partial charge in [-0.2, -0.15) is 0 Å². The fraction of sp³-hybridized carbons (Fsp3) is 0.467. The summed E-state index contributed by atoms with van der Waals surface area (Å²) in [6.45, 7) is 0. The van der Waals surface area contributed by atoms with Crippen molar-refractivity contribution < 1.29 is 9.59 Å². The quantitative estimate of drug-likeness (QED) is 0.782. The third kappa shape index (κ3) is 3.36. The van der Waals surface area contributed by atoms with E-state index in [2.05, 4.69) is 10.6 Å². The van der Waals surface area contributed by atoms with Gasteiger partial charge < -0.3 is 16.4 Å². The molecule has 2 amide bonds. The van der Waals surface area contributed by atoms with Gasteiger partial charge in [-0.3, -0.25) is 9.59 Å². The normalized spacial score (nSPS) is 23.8. The molecule has 0 aromatic heterocycles. The van der Waals surface area contributed by atoms with Crippen LogP contribution in [0.15, 0.2) is 18.2 Å². The van der Waals surface area contributed by atoms with Crippen molar-refractivity contribution in [2.45, 2.75) is 38.1 Å². The van der Waals surface area contributed by atoms with Crippen molar-refractivity contribution in [2.24, 2.45) is 11.7 Å². The Bertz CT molecular complexity index is 562. The van der Waals surface area contributed by atoms with E-state index in [1.54, 1.807) is 0 Å². The molecule has 1 aliphatic heterocycles. The zero-order chi connectivity index (χ0) is 14.1. The largest absolute Gasteiger partial charge is 0.327 e. The van der Waals surface area contributed by atoms with Crippen LogP contribution >= 0.6 is 12.4 Å². The number of nitrogens with one attached hydrogen (secondary N) is 2. The minimum atomic E-state index is -0.0780. The first kappa shape index (κ1) is 15.8. The molecule has 2 atom stereocenters. The molecule has 1 fully saturated rings. The summed E-state index contributed by atoms with van der Waals surface area (Å²) in [6, 6.07) is 5.58. The summed E-state index contributed by atoms with van der Waals surface area (Å²) in [6.07, 6.45) is 4.03. The monoisotopic (exact) mass is 309 g/mol. The number of halogens is 1. The highest BCUT2D eigenvalue weighted by molar-refractivity contribution is 5.96. The molecule has 1 heterocycles. The maximum atomic E-state index is 12.2. The van der Waals surface area contributed by atoms with Crippen LogP contribution in [0.1, 0.15) is 31.2 Å². The first-order chi connectivity index (χ1) is 9.63. The Balaban J connectivity index is 0.00000161. The summed E-state index contributed by atoms with van der Waals surface area (Å²) in [5.74, 6) is -0.0215. The van der Waals surface area contributed by atoms with Gasteiger partial charge >= 0.3 is 0 Å². The minimum Gasteiger partial charge on any atom is -0.327 e. The van der Waals surface area contributed by atoms with E-state index >= 15 is 0 Å². The Hall–Kier alpha value is -1.59. The molecule has 4 N–H and O–H groups in total. The number of benzene rings is 1. The molecule has 3 rings (SSSR count). The Kier molecular flexibility index (Phi) is 4.85. The van der Waals surface area contributed by atoms with E-state index in [0.29, 0.717) is 12.8 Å². The lowest BCUT2D eigenvalue weighted by Crippen LogP contribution is -2.34. The topological polar surface area (TPSA) is 84.2 Å². The maximum absolute atomic E-state index is 12.2. The molecule has 1 saturated carbocycles. The average molecular weight is 310 g/mol. The number of hydrogen-bond donors (Lipinski definition) is 3. The molecule has 0 radical (unpaired) electrons. The molecule has 2 unspecified atom stereocenters. The van der Waals surface area contributed by atoms with Crippen LogP contribution in [0.5, 0.6) is 0 Å². The number of nitrogens with two attached hydrogens (primary N) is 1. The van der Waals surface area contributed by atoms with E-state index < -0.39 is 0 Å². The van der Waals surface area contributed by atoms with Gasteiger partial charge in [0.25, 0.3) is 0 Å². The second-order valence-electron chi connectivity index (χ2n) is 5.61. The van der Waals surface area contributed by atoms with E-state index in [-0.39, 0.29) is 36.2 Å². The molecular weight excluding hydrogens is 290 g/mol. The second kappa shape index (κ2) is 6.45. The summed E-state index contributed by atoms with van der Waals surface area (Å²) in [4.78, 5) is 23.5. The van der Waals surface area contributed by atoms with Crippen LogP contribution in [0.3, 0.4) is 0 Å². The van der Waals surface area contributed by atoms with E-state index in [1.807, 2.05) is 18.2 Å². The minimum absolute atomic E-state index is 0. The van der Waals surface area contributed by atoms with Crippen LogP contribution in [0.4, 0.5) is 11.4 Å². The molecule has 114 valence electrons. The first-order valence-corrected chi connectivity index (χ1v) is 7.13.